The van der Waals surface area contributed by atoms with E-state index in [0.29, 0.717) is 18.9 Å². The molecule has 1 amide bonds. The standard InChI is InChI=1S/C15H25N3O2.ClH/c1-3-13-11(14(4-2)20-18-13)9-17-15(19)8-10-6-5-7-12(10)16;/h10,12H,3-9,16H2,1-2H3,(H,17,19);1H/t10-,12+;/m0./s1. The summed E-state index contributed by atoms with van der Waals surface area (Å²) >= 11 is 0. The minimum atomic E-state index is 0. The fourth-order valence-corrected chi connectivity index (χ4v) is 2.95. The van der Waals surface area contributed by atoms with Crippen LogP contribution >= 0.6 is 12.4 Å². The normalized spacial score (nSPS) is 21.1. The van der Waals surface area contributed by atoms with Gasteiger partial charge in [-0.25, -0.2) is 0 Å². The molecular weight excluding hydrogens is 290 g/mol. The van der Waals surface area contributed by atoms with Gasteiger partial charge in [0.25, 0.3) is 0 Å². The third kappa shape index (κ3) is 4.45. The van der Waals surface area contributed by atoms with Crippen molar-refractivity contribution in [3.63, 3.8) is 0 Å². The van der Waals surface area contributed by atoms with Crippen molar-refractivity contribution in [2.45, 2.75) is 65.0 Å². The van der Waals surface area contributed by atoms with Gasteiger partial charge in [-0.2, -0.15) is 0 Å². The van der Waals surface area contributed by atoms with E-state index in [0.717, 1.165) is 49.1 Å². The Labute approximate surface area is 132 Å². The van der Waals surface area contributed by atoms with Gasteiger partial charge in [0.15, 0.2) is 0 Å². The average Bonchev–Trinajstić information content (AvgIpc) is 3.02. The van der Waals surface area contributed by atoms with Gasteiger partial charge in [0.1, 0.15) is 5.76 Å². The predicted octanol–water partition coefficient (Wildman–Crippen LogP) is 2.35. The number of nitrogens with two attached hydrogens (primary N) is 1. The molecule has 1 aromatic rings. The number of halogens is 1. The Morgan fingerprint density at radius 2 is 2.14 bits per heavy atom. The van der Waals surface area contributed by atoms with E-state index in [9.17, 15) is 4.79 Å². The minimum Gasteiger partial charge on any atom is -0.361 e. The highest BCUT2D eigenvalue weighted by Gasteiger charge is 2.26. The lowest BCUT2D eigenvalue weighted by molar-refractivity contribution is -0.122. The van der Waals surface area contributed by atoms with Gasteiger partial charge in [-0.15, -0.1) is 12.4 Å². The molecule has 1 aliphatic rings. The number of carbonyl (C=O) groups excluding carboxylic acids is 1. The van der Waals surface area contributed by atoms with E-state index in [2.05, 4.69) is 10.5 Å². The zero-order chi connectivity index (χ0) is 14.5. The van der Waals surface area contributed by atoms with Gasteiger partial charge >= 0.3 is 0 Å². The molecule has 1 saturated carbocycles. The largest absolute Gasteiger partial charge is 0.361 e. The molecule has 0 aliphatic heterocycles. The van der Waals surface area contributed by atoms with Crippen LogP contribution < -0.4 is 11.1 Å². The number of amides is 1. The van der Waals surface area contributed by atoms with Crippen molar-refractivity contribution in [3.8, 4) is 0 Å². The Balaban J connectivity index is 0.00000220. The zero-order valence-electron chi connectivity index (χ0n) is 12.9. The lowest BCUT2D eigenvalue weighted by atomic mass is 10.00. The highest BCUT2D eigenvalue weighted by atomic mass is 35.5. The average molecular weight is 316 g/mol. The second kappa shape index (κ2) is 8.39. The third-order valence-electron chi connectivity index (χ3n) is 4.23. The van der Waals surface area contributed by atoms with E-state index in [1.54, 1.807) is 0 Å². The highest BCUT2D eigenvalue weighted by Crippen LogP contribution is 2.26. The molecule has 1 aromatic heterocycles. The number of hydrogen-bond donors (Lipinski definition) is 2. The zero-order valence-corrected chi connectivity index (χ0v) is 13.7. The number of aromatic nitrogens is 1. The number of carbonyl (C=O) groups is 1. The first-order valence-electron chi connectivity index (χ1n) is 7.64. The monoisotopic (exact) mass is 315 g/mol. The molecule has 3 N–H and O–H groups in total. The number of nitrogens with one attached hydrogen (secondary N) is 1. The van der Waals surface area contributed by atoms with Crippen LogP contribution in [0.5, 0.6) is 0 Å². The van der Waals surface area contributed by atoms with Crippen molar-refractivity contribution < 1.29 is 9.32 Å². The maximum absolute atomic E-state index is 12.0. The van der Waals surface area contributed by atoms with Crippen LogP contribution in [0.2, 0.25) is 0 Å². The summed E-state index contributed by atoms with van der Waals surface area (Å²) in [5.41, 5.74) is 7.99. The van der Waals surface area contributed by atoms with Crippen molar-refractivity contribution >= 4 is 18.3 Å². The summed E-state index contributed by atoms with van der Waals surface area (Å²) in [5.74, 6) is 1.30. The van der Waals surface area contributed by atoms with Crippen molar-refractivity contribution in [2.75, 3.05) is 0 Å². The maximum atomic E-state index is 12.0. The van der Waals surface area contributed by atoms with E-state index in [1.807, 2.05) is 13.8 Å². The first-order valence-corrected chi connectivity index (χ1v) is 7.64. The van der Waals surface area contributed by atoms with Crippen LogP contribution in [0.4, 0.5) is 0 Å². The molecule has 5 nitrogen and oxygen atoms in total. The molecule has 1 fully saturated rings. The van der Waals surface area contributed by atoms with Gasteiger partial charge in [0, 0.05) is 31.0 Å². The first-order chi connectivity index (χ1) is 9.65. The summed E-state index contributed by atoms with van der Waals surface area (Å²) in [7, 11) is 0. The van der Waals surface area contributed by atoms with Crippen LogP contribution in [0.3, 0.4) is 0 Å². The van der Waals surface area contributed by atoms with Crippen LogP contribution in [-0.2, 0) is 24.2 Å². The van der Waals surface area contributed by atoms with Gasteiger partial charge < -0.3 is 15.6 Å². The topological polar surface area (TPSA) is 81.2 Å². The van der Waals surface area contributed by atoms with Crippen LogP contribution in [0.15, 0.2) is 4.52 Å². The molecule has 0 bridgehead atoms. The van der Waals surface area contributed by atoms with Gasteiger partial charge in [-0.05, 0) is 25.2 Å². The Hall–Kier alpha value is -1.07. The summed E-state index contributed by atoms with van der Waals surface area (Å²) < 4.78 is 5.30. The number of nitrogens with zero attached hydrogens (tertiary/aromatic N) is 1. The third-order valence-corrected chi connectivity index (χ3v) is 4.23. The second-order valence-electron chi connectivity index (χ2n) is 5.57. The summed E-state index contributed by atoms with van der Waals surface area (Å²) in [6.07, 6.45) is 5.42. The van der Waals surface area contributed by atoms with E-state index < -0.39 is 0 Å². The Morgan fingerprint density at radius 1 is 1.38 bits per heavy atom. The van der Waals surface area contributed by atoms with Crippen molar-refractivity contribution in [1.29, 1.82) is 0 Å². The summed E-state index contributed by atoms with van der Waals surface area (Å²) in [4.78, 5) is 12.0. The van der Waals surface area contributed by atoms with Crippen LogP contribution in [0.1, 0.15) is 56.5 Å². The minimum absolute atomic E-state index is 0. The molecular formula is C15H26ClN3O2. The van der Waals surface area contributed by atoms with E-state index >= 15 is 0 Å². The SMILES string of the molecule is CCc1noc(CC)c1CNC(=O)C[C@@H]1CCC[C@H]1N.Cl. The number of rotatable bonds is 6. The Bertz CT molecular complexity index is 440. The van der Waals surface area contributed by atoms with Gasteiger partial charge in [-0.3, -0.25) is 4.79 Å². The van der Waals surface area contributed by atoms with E-state index in [1.165, 1.54) is 0 Å². The van der Waals surface area contributed by atoms with Gasteiger partial charge in [0.05, 0.1) is 5.69 Å². The van der Waals surface area contributed by atoms with Gasteiger partial charge in [0.2, 0.25) is 5.91 Å². The molecule has 2 rings (SSSR count). The maximum Gasteiger partial charge on any atom is 0.220 e. The van der Waals surface area contributed by atoms with Crippen molar-refractivity contribution in [1.82, 2.24) is 10.5 Å². The molecule has 21 heavy (non-hydrogen) atoms. The summed E-state index contributed by atoms with van der Waals surface area (Å²) in [6.45, 7) is 4.58. The molecule has 0 unspecified atom stereocenters. The quantitative estimate of drug-likeness (QED) is 0.844. The molecule has 0 aromatic carbocycles. The molecule has 120 valence electrons. The first kappa shape index (κ1) is 18.0. The Morgan fingerprint density at radius 3 is 2.71 bits per heavy atom. The molecule has 1 aliphatic carbocycles. The number of aryl methyl sites for hydroxylation is 2. The number of hydrogen-bond acceptors (Lipinski definition) is 4. The van der Waals surface area contributed by atoms with Crippen LogP contribution in [0.25, 0.3) is 0 Å². The molecule has 2 atom stereocenters. The highest BCUT2D eigenvalue weighted by molar-refractivity contribution is 5.85. The van der Waals surface area contributed by atoms with Gasteiger partial charge in [-0.1, -0.05) is 25.4 Å². The fourth-order valence-electron chi connectivity index (χ4n) is 2.95. The second-order valence-corrected chi connectivity index (χ2v) is 5.57. The molecule has 1 heterocycles. The molecule has 0 spiro atoms. The molecule has 0 radical (unpaired) electrons. The van der Waals surface area contributed by atoms with Crippen molar-refractivity contribution in [2.24, 2.45) is 11.7 Å². The summed E-state index contributed by atoms with van der Waals surface area (Å²) in [5, 5.41) is 7.04. The fraction of sp³-hybridized carbons (Fsp3) is 0.733. The predicted molar refractivity (Wildman–Crippen MR) is 84.3 cm³/mol. The lowest BCUT2D eigenvalue weighted by Gasteiger charge is -2.14. The summed E-state index contributed by atoms with van der Waals surface area (Å²) in [6, 6.07) is 0.189. The van der Waals surface area contributed by atoms with E-state index in [-0.39, 0.29) is 24.4 Å². The van der Waals surface area contributed by atoms with Crippen molar-refractivity contribution in [3.05, 3.63) is 17.0 Å². The van der Waals surface area contributed by atoms with Crippen LogP contribution in [-0.4, -0.2) is 17.1 Å². The van der Waals surface area contributed by atoms with Crippen LogP contribution in [0, 0.1) is 5.92 Å². The lowest BCUT2D eigenvalue weighted by Crippen LogP contribution is -2.31. The Kier molecular flexibility index (Phi) is 7.18. The van der Waals surface area contributed by atoms with E-state index in [4.69, 9.17) is 10.3 Å². The smallest absolute Gasteiger partial charge is 0.220 e. The molecule has 0 saturated heterocycles. The molecule has 6 heteroatoms.